The van der Waals surface area contributed by atoms with Gasteiger partial charge in [-0.15, -0.1) is 0 Å². The van der Waals surface area contributed by atoms with Crippen LogP contribution in [-0.2, 0) is 87.5 Å². The molecule has 0 unspecified atom stereocenters. The molecule has 45 heteroatoms. The standard InChI is InChI=1S/C78H109F3N18O24/c1-114-57-35-49(33-51-41-90-76(84)94-73(51)82)36-58(115-2)71(57)122-23-7-5-9-61(100)86-13-25-118-29-31-120-27-15-88-63(102)40-55-70(78(79,80)81)54-12-11-53(39-56(54)93-75(55)113)92-65(104)44-99(48-69(111)112)22-20-97(46-67(107)108)18-17-96(45-66(105)106)19-21-98(47-68(109)110)43-64(103)89-16-28-121-32-30-119-26-14-87-62(101)10-6-8-24-123-72-59(116-3)37-50(38-60(72)117-4)34-52-42-91-77(85)95-74(52)83/h11-12,35-39,41-42H,5-10,13-34,40,43-48H2,1-4H3,(H,86,100)(H,87,101)(H,88,102)(H,89,103)(H,92,104)(H,93,113)(H,105,106)(H,107,108)(H,109,110)(H,111,112)(H4,82,84,90,94)(H4,83,85,91,95). The average Bonchev–Trinajstić information content (AvgIpc) is 0.757. The van der Waals surface area contributed by atoms with Gasteiger partial charge in [0.2, 0.25) is 52.9 Å². The first-order valence-corrected chi connectivity index (χ1v) is 39.0. The third kappa shape index (κ3) is 36.9. The van der Waals surface area contributed by atoms with Gasteiger partial charge in [0.25, 0.3) is 5.56 Å². The van der Waals surface area contributed by atoms with Crippen LogP contribution in [0.3, 0.4) is 0 Å². The molecule has 5 amide bonds. The van der Waals surface area contributed by atoms with Crippen LogP contribution in [-0.4, -0.2) is 318 Å². The van der Waals surface area contributed by atoms with Crippen LogP contribution in [0.1, 0.15) is 71.9 Å². The number of carboxylic acid groups (broad SMARTS) is 4. The molecule has 0 aliphatic heterocycles. The van der Waals surface area contributed by atoms with Crippen LogP contribution in [0.5, 0.6) is 34.5 Å². The van der Waals surface area contributed by atoms with Gasteiger partial charge in [0, 0.05) is 131 Å². The van der Waals surface area contributed by atoms with Crippen molar-refractivity contribution in [2.75, 3.05) is 227 Å². The number of carbonyl (C=O) groups is 9. The molecular weight excluding hydrogens is 1630 g/mol. The van der Waals surface area contributed by atoms with Crippen molar-refractivity contribution < 1.29 is 124 Å². The Hall–Kier alpha value is -12.3. The lowest BCUT2D eigenvalue weighted by Crippen LogP contribution is -2.47. The number of amides is 5. The summed E-state index contributed by atoms with van der Waals surface area (Å²) in [6.07, 6.45) is 0.339. The van der Waals surface area contributed by atoms with Gasteiger partial charge in [-0.2, -0.15) is 23.1 Å². The summed E-state index contributed by atoms with van der Waals surface area (Å²) >= 11 is 0. The molecule has 0 atom stereocenters. The number of nitrogens with one attached hydrogen (secondary N) is 6. The van der Waals surface area contributed by atoms with E-state index in [-0.39, 0.29) is 191 Å². The van der Waals surface area contributed by atoms with E-state index in [4.69, 9.17) is 70.3 Å². The van der Waals surface area contributed by atoms with Crippen molar-refractivity contribution in [2.45, 2.75) is 64.0 Å². The maximum atomic E-state index is 14.8. The summed E-state index contributed by atoms with van der Waals surface area (Å²) in [5.74, 6) is -4.87. The van der Waals surface area contributed by atoms with Crippen LogP contribution in [0.15, 0.2) is 59.7 Å². The highest BCUT2D eigenvalue weighted by atomic mass is 19.4. The molecule has 676 valence electrons. The number of nitrogen functional groups attached to an aromatic ring is 4. The summed E-state index contributed by atoms with van der Waals surface area (Å²) in [5, 5.41) is 51.5. The van der Waals surface area contributed by atoms with Crippen molar-refractivity contribution in [1.82, 2.24) is 65.8 Å². The predicted molar refractivity (Wildman–Crippen MR) is 439 cm³/mol. The number of hydrogen-bond acceptors (Lipinski definition) is 32. The number of halogens is 3. The number of aromatic amines is 1. The van der Waals surface area contributed by atoms with Gasteiger partial charge in [-0.1, -0.05) is 6.07 Å². The highest BCUT2D eigenvalue weighted by Crippen LogP contribution is 2.42. The third-order valence-electron chi connectivity index (χ3n) is 18.2. The van der Waals surface area contributed by atoms with E-state index in [2.05, 4.69) is 51.5 Å². The number of nitrogens with zero attached hydrogens (tertiary/aromatic N) is 8. The second kappa shape index (κ2) is 52.8. The Morgan fingerprint density at radius 3 is 1.20 bits per heavy atom. The van der Waals surface area contributed by atoms with Crippen LogP contribution >= 0.6 is 0 Å². The fourth-order valence-corrected chi connectivity index (χ4v) is 12.3. The highest BCUT2D eigenvalue weighted by molar-refractivity contribution is 5.96. The number of ether oxygens (including phenoxy) is 10. The number of anilines is 5. The van der Waals surface area contributed by atoms with Crippen molar-refractivity contribution >= 4 is 93.5 Å². The number of unbranched alkanes of at least 4 members (excludes halogenated alkanes) is 2. The Kier molecular flexibility index (Phi) is 42.7. The molecule has 6 aromatic rings. The van der Waals surface area contributed by atoms with E-state index in [1.54, 1.807) is 36.7 Å². The Balaban J connectivity index is 0.843. The van der Waals surface area contributed by atoms with Crippen LogP contribution in [0, 0.1) is 0 Å². The van der Waals surface area contributed by atoms with Gasteiger partial charge in [0.05, 0.1) is 151 Å². The maximum absolute atomic E-state index is 14.8. The van der Waals surface area contributed by atoms with Gasteiger partial charge in [0.1, 0.15) is 11.6 Å². The van der Waals surface area contributed by atoms with E-state index in [9.17, 15) is 81.5 Å². The number of alkyl halides is 3. The van der Waals surface area contributed by atoms with E-state index in [1.165, 1.54) is 43.1 Å². The van der Waals surface area contributed by atoms with Crippen molar-refractivity contribution in [1.29, 1.82) is 0 Å². The molecule has 0 saturated heterocycles. The molecule has 0 aliphatic rings. The number of pyridine rings is 1. The monoisotopic (exact) mass is 1740 g/mol. The second-order valence-electron chi connectivity index (χ2n) is 27.6. The summed E-state index contributed by atoms with van der Waals surface area (Å²) in [5.41, 5.74) is 22.2. The summed E-state index contributed by atoms with van der Waals surface area (Å²) in [6.45, 7) is -2.92. The first-order chi connectivity index (χ1) is 58.8. The lowest BCUT2D eigenvalue weighted by atomic mass is 10.00. The second-order valence-corrected chi connectivity index (χ2v) is 27.6. The number of hydrogen-bond donors (Lipinski definition) is 14. The summed E-state index contributed by atoms with van der Waals surface area (Å²) in [4.78, 5) is 149. The van der Waals surface area contributed by atoms with Gasteiger partial charge >= 0.3 is 30.1 Å². The minimum atomic E-state index is -5.15. The summed E-state index contributed by atoms with van der Waals surface area (Å²) in [6, 6.07) is 10.3. The minimum Gasteiger partial charge on any atom is -0.493 e. The molecule has 3 heterocycles. The molecule has 3 aromatic heterocycles. The van der Waals surface area contributed by atoms with Crippen LogP contribution in [0.4, 0.5) is 42.4 Å². The molecule has 0 radical (unpaired) electrons. The number of nitrogens with two attached hydrogens (primary N) is 4. The van der Waals surface area contributed by atoms with Gasteiger partial charge in [0.15, 0.2) is 23.0 Å². The number of carbonyl (C=O) groups excluding carboxylic acids is 5. The molecule has 18 N–H and O–H groups in total. The molecule has 123 heavy (non-hydrogen) atoms. The quantitative estimate of drug-likeness (QED) is 0.0234. The molecule has 0 spiro atoms. The maximum Gasteiger partial charge on any atom is 0.417 e. The normalized spacial score (nSPS) is 11.4. The summed E-state index contributed by atoms with van der Waals surface area (Å²) < 4.78 is 101. The van der Waals surface area contributed by atoms with Crippen LogP contribution < -0.4 is 83.5 Å². The lowest BCUT2D eigenvalue weighted by molar-refractivity contribution is -0.141. The molecule has 3 aromatic carbocycles. The molecule has 0 fully saturated rings. The molecular formula is C78H109F3N18O24. The Labute approximate surface area is 705 Å². The zero-order valence-electron chi connectivity index (χ0n) is 68.9. The molecule has 0 aliphatic carbocycles. The fourth-order valence-electron chi connectivity index (χ4n) is 12.3. The highest BCUT2D eigenvalue weighted by Gasteiger charge is 2.38. The first-order valence-electron chi connectivity index (χ1n) is 39.0. The third-order valence-corrected chi connectivity index (χ3v) is 18.2. The number of aliphatic carboxylic acids is 4. The van der Waals surface area contributed by atoms with Crippen LogP contribution in [0.2, 0.25) is 0 Å². The minimum absolute atomic E-state index is 0.0360. The molecule has 42 nitrogen and oxygen atoms in total. The first kappa shape index (κ1) is 99.5. The van der Waals surface area contributed by atoms with Gasteiger partial charge in [-0.05, 0) is 73.2 Å². The van der Waals surface area contributed by atoms with Gasteiger partial charge in [-0.3, -0.25) is 67.5 Å². The average molecular weight is 1740 g/mol. The van der Waals surface area contributed by atoms with Crippen molar-refractivity contribution in [3.8, 4) is 34.5 Å². The predicted octanol–water partition coefficient (Wildman–Crippen LogP) is 0.729. The smallest absolute Gasteiger partial charge is 0.417 e. The zero-order valence-corrected chi connectivity index (χ0v) is 68.9. The zero-order chi connectivity index (χ0) is 89.8. The van der Waals surface area contributed by atoms with Crippen molar-refractivity contribution in [3.05, 3.63) is 98.6 Å². The van der Waals surface area contributed by atoms with Crippen LogP contribution in [0.25, 0.3) is 10.9 Å². The number of aromatic nitrogens is 5. The Morgan fingerprint density at radius 2 is 0.821 bits per heavy atom. The number of benzene rings is 3. The van der Waals surface area contributed by atoms with Crippen molar-refractivity contribution in [3.63, 3.8) is 0 Å². The number of carboxylic acids is 4. The van der Waals surface area contributed by atoms with E-state index in [0.717, 1.165) is 34.2 Å². The number of fused-ring (bicyclic) bond motifs is 1. The Bertz CT molecular complexity index is 4480. The van der Waals surface area contributed by atoms with Gasteiger partial charge in [-0.25, -0.2) is 9.97 Å². The van der Waals surface area contributed by atoms with Crippen molar-refractivity contribution in [2.24, 2.45) is 0 Å². The molecule has 0 saturated carbocycles. The number of methoxy groups -OCH3 is 4. The number of H-pyrrole nitrogens is 1. The van der Waals surface area contributed by atoms with E-state index in [1.807, 2.05) is 0 Å². The van der Waals surface area contributed by atoms with E-state index >= 15 is 0 Å². The van der Waals surface area contributed by atoms with Gasteiger partial charge < -0.3 is 122 Å². The molecule has 0 bridgehead atoms. The largest absolute Gasteiger partial charge is 0.493 e. The Morgan fingerprint density at radius 1 is 0.455 bits per heavy atom. The number of rotatable bonds is 62. The van der Waals surface area contributed by atoms with E-state index < -0.39 is 116 Å². The molecule has 6 rings (SSSR count). The lowest BCUT2D eigenvalue weighted by Gasteiger charge is -2.29. The SMILES string of the molecule is COc1cc(Cc2cnc(N)nc2N)cc(OC)c1OCCCCC(=O)NCCOCCOCCNC(=O)Cc1c(C(F)(F)F)c2ccc(NC(=O)CN(CCN(CCN(CCN(CC(=O)O)CC(=O)NCCOCCOCCNC(=O)CCCCOc3c(OC)cc(Cc4cnc(N)nc4N)cc3OC)CC(=O)O)CC(=O)O)CC(=O)O)cc2[nH]c1=O. The fraction of sp³-hybridized carbons (Fsp3) is 0.513. The van der Waals surface area contributed by atoms with E-state index in [0.29, 0.717) is 84.1 Å². The summed E-state index contributed by atoms with van der Waals surface area (Å²) in [7, 11) is 6.01. The topological polar surface area (TPSA) is 588 Å².